The molecule has 2 atom stereocenters. The van der Waals surface area contributed by atoms with Crippen LogP contribution in [-0.2, 0) is 11.3 Å². The van der Waals surface area contributed by atoms with Gasteiger partial charge in [0.15, 0.2) is 0 Å². The summed E-state index contributed by atoms with van der Waals surface area (Å²) in [5, 5.41) is 6.20. The fourth-order valence-corrected chi connectivity index (χ4v) is 4.53. The van der Waals surface area contributed by atoms with E-state index in [4.69, 9.17) is 0 Å². The summed E-state index contributed by atoms with van der Waals surface area (Å²) in [6, 6.07) is 0. The Morgan fingerprint density at radius 3 is 3.16 bits per heavy atom. The molecule has 0 saturated carbocycles. The van der Waals surface area contributed by atoms with Crippen molar-refractivity contribution in [1.29, 1.82) is 0 Å². The van der Waals surface area contributed by atoms with E-state index in [-0.39, 0.29) is 11.4 Å². The van der Waals surface area contributed by atoms with Gasteiger partial charge < -0.3 is 20.4 Å². The summed E-state index contributed by atoms with van der Waals surface area (Å²) < 4.78 is 0. The molecule has 4 rings (SSSR count). The van der Waals surface area contributed by atoms with Crippen molar-refractivity contribution in [3.8, 4) is 0 Å². The van der Waals surface area contributed by atoms with E-state index in [0.29, 0.717) is 12.5 Å². The van der Waals surface area contributed by atoms with Gasteiger partial charge in [-0.25, -0.2) is 9.97 Å². The minimum Gasteiger partial charge on any atom is -0.385 e. The number of aromatic nitrogens is 2. The van der Waals surface area contributed by atoms with Gasteiger partial charge in [-0.2, -0.15) is 0 Å². The highest BCUT2D eigenvalue weighted by atomic mass is 16.2. The van der Waals surface area contributed by atoms with Crippen molar-refractivity contribution < 1.29 is 4.79 Å². The molecule has 0 bridgehead atoms. The lowest BCUT2D eigenvalue weighted by atomic mass is 9.69. The Kier molecular flexibility index (Phi) is 4.11. The lowest BCUT2D eigenvalue weighted by Gasteiger charge is -2.61. The van der Waals surface area contributed by atoms with Crippen LogP contribution < -0.4 is 15.5 Å². The van der Waals surface area contributed by atoms with Crippen molar-refractivity contribution in [2.24, 2.45) is 5.92 Å². The Balaban J connectivity index is 1.62. The zero-order valence-electron chi connectivity index (χ0n) is 15.0. The molecule has 1 spiro atoms. The molecule has 2 fully saturated rings. The number of nitrogens with zero attached hydrogens (tertiary/aromatic N) is 4. The van der Waals surface area contributed by atoms with Crippen LogP contribution in [0.3, 0.4) is 0 Å². The first kappa shape index (κ1) is 16.3. The van der Waals surface area contributed by atoms with Crippen molar-refractivity contribution in [3.05, 3.63) is 23.8 Å². The Morgan fingerprint density at radius 2 is 2.36 bits per heavy atom. The summed E-state index contributed by atoms with van der Waals surface area (Å²) in [5.74, 6) is 1.73. The summed E-state index contributed by atoms with van der Waals surface area (Å²) in [5.41, 5.74) is 2.09. The summed E-state index contributed by atoms with van der Waals surface area (Å²) in [7, 11) is 1.83. The summed E-state index contributed by atoms with van der Waals surface area (Å²) >= 11 is 0. The predicted molar refractivity (Wildman–Crippen MR) is 96.9 cm³/mol. The molecule has 7 heteroatoms. The number of nitrogens with one attached hydrogen (secondary N) is 2. The van der Waals surface area contributed by atoms with Gasteiger partial charge in [0.05, 0.1) is 24.3 Å². The van der Waals surface area contributed by atoms with Gasteiger partial charge in [0.25, 0.3) is 0 Å². The highest BCUT2D eigenvalue weighted by molar-refractivity contribution is 5.80. The van der Waals surface area contributed by atoms with Gasteiger partial charge in [0.1, 0.15) is 12.1 Å². The number of carbonyl (C=O) groups excluding carboxylic acids is 1. The SMILES string of the molecule is CNCC(=O)N1CC(C)C12CCCN(c1ncnc3c1C=CNC3)C2. The molecule has 134 valence electrons. The normalized spacial score (nSPS) is 27.7. The van der Waals surface area contributed by atoms with Crippen LogP contribution in [0.4, 0.5) is 5.82 Å². The molecule has 1 aromatic heterocycles. The molecule has 1 aromatic rings. The molecule has 3 aliphatic rings. The number of amides is 1. The molecular weight excluding hydrogens is 316 g/mol. The van der Waals surface area contributed by atoms with Crippen molar-refractivity contribution in [1.82, 2.24) is 25.5 Å². The molecule has 7 nitrogen and oxygen atoms in total. The molecule has 25 heavy (non-hydrogen) atoms. The molecule has 1 amide bonds. The van der Waals surface area contributed by atoms with E-state index in [0.717, 1.165) is 56.1 Å². The van der Waals surface area contributed by atoms with E-state index in [2.05, 4.69) is 43.4 Å². The van der Waals surface area contributed by atoms with E-state index in [1.807, 2.05) is 13.2 Å². The summed E-state index contributed by atoms with van der Waals surface area (Å²) in [6.45, 7) is 6.11. The molecule has 2 saturated heterocycles. The van der Waals surface area contributed by atoms with Crippen molar-refractivity contribution in [2.45, 2.75) is 31.8 Å². The van der Waals surface area contributed by atoms with E-state index < -0.39 is 0 Å². The Morgan fingerprint density at radius 1 is 1.48 bits per heavy atom. The first-order valence-corrected chi connectivity index (χ1v) is 9.09. The minimum absolute atomic E-state index is 0.0549. The second kappa shape index (κ2) is 6.29. The number of hydrogen-bond donors (Lipinski definition) is 2. The largest absolute Gasteiger partial charge is 0.385 e. The van der Waals surface area contributed by atoms with Crippen molar-refractivity contribution in [2.75, 3.05) is 38.1 Å². The smallest absolute Gasteiger partial charge is 0.237 e. The van der Waals surface area contributed by atoms with Crippen LogP contribution >= 0.6 is 0 Å². The van der Waals surface area contributed by atoms with Crippen LogP contribution in [0.2, 0.25) is 0 Å². The lowest BCUT2D eigenvalue weighted by Crippen LogP contribution is -2.74. The Bertz CT molecular complexity index is 705. The second-order valence-electron chi connectivity index (χ2n) is 7.34. The molecular formula is C18H26N6O. The lowest BCUT2D eigenvalue weighted by molar-refractivity contribution is -0.156. The second-order valence-corrected chi connectivity index (χ2v) is 7.34. The topological polar surface area (TPSA) is 73.4 Å². The third-order valence-electron chi connectivity index (χ3n) is 5.93. The van der Waals surface area contributed by atoms with Crippen LogP contribution in [-0.4, -0.2) is 59.5 Å². The number of carbonyl (C=O) groups is 1. The van der Waals surface area contributed by atoms with Gasteiger partial charge in [0, 0.05) is 25.2 Å². The van der Waals surface area contributed by atoms with Crippen LogP contribution in [0.15, 0.2) is 12.5 Å². The van der Waals surface area contributed by atoms with Crippen molar-refractivity contribution >= 4 is 17.8 Å². The van der Waals surface area contributed by atoms with Crippen LogP contribution in [0, 0.1) is 5.92 Å². The molecule has 0 radical (unpaired) electrons. The number of likely N-dealkylation sites (tertiary alicyclic amines) is 1. The monoisotopic (exact) mass is 342 g/mol. The summed E-state index contributed by atoms with van der Waals surface area (Å²) in [4.78, 5) is 26.0. The number of anilines is 1. The number of fused-ring (bicyclic) bond motifs is 1. The first-order valence-electron chi connectivity index (χ1n) is 9.09. The number of likely N-dealkylation sites (N-methyl/N-ethyl adjacent to an activating group) is 1. The quantitative estimate of drug-likeness (QED) is 0.837. The van der Waals surface area contributed by atoms with Gasteiger partial charge in [-0.05, 0) is 38.1 Å². The molecule has 3 aliphatic heterocycles. The zero-order valence-corrected chi connectivity index (χ0v) is 15.0. The number of hydrogen-bond acceptors (Lipinski definition) is 6. The van der Waals surface area contributed by atoms with E-state index in [1.165, 1.54) is 0 Å². The summed E-state index contributed by atoms with van der Waals surface area (Å²) in [6.07, 6.45) is 7.83. The van der Waals surface area contributed by atoms with Crippen LogP contribution in [0.5, 0.6) is 0 Å². The Labute approximate surface area is 148 Å². The minimum atomic E-state index is -0.0549. The standard InChI is InChI=1S/C18H26N6O/c1-13-10-24(16(25)9-19-2)18(13)5-3-7-23(11-18)17-14-4-6-20-8-15(14)21-12-22-17/h4,6,12-13,19-20H,3,5,7-11H2,1-2H3. The molecule has 0 aliphatic carbocycles. The third-order valence-corrected chi connectivity index (χ3v) is 5.93. The van der Waals surface area contributed by atoms with Gasteiger partial charge in [0.2, 0.25) is 5.91 Å². The predicted octanol–water partition coefficient (Wildman–Crippen LogP) is 0.587. The maximum atomic E-state index is 12.5. The molecule has 4 heterocycles. The van der Waals surface area contributed by atoms with Gasteiger partial charge in [-0.3, -0.25) is 4.79 Å². The fraction of sp³-hybridized carbons (Fsp3) is 0.611. The van der Waals surface area contributed by atoms with Gasteiger partial charge in [-0.1, -0.05) is 6.92 Å². The maximum Gasteiger partial charge on any atom is 0.237 e. The first-order chi connectivity index (χ1) is 12.2. The average molecular weight is 342 g/mol. The van der Waals surface area contributed by atoms with Gasteiger partial charge in [-0.15, -0.1) is 0 Å². The van der Waals surface area contributed by atoms with Gasteiger partial charge >= 0.3 is 0 Å². The molecule has 0 aromatic carbocycles. The average Bonchev–Trinajstić information content (AvgIpc) is 2.65. The Hall–Kier alpha value is -2.15. The van der Waals surface area contributed by atoms with E-state index >= 15 is 0 Å². The van der Waals surface area contributed by atoms with Crippen LogP contribution in [0.25, 0.3) is 6.08 Å². The molecule has 2 N–H and O–H groups in total. The highest BCUT2D eigenvalue weighted by Crippen LogP contribution is 2.44. The number of piperidine rings is 1. The maximum absolute atomic E-state index is 12.5. The molecule has 2 unspecified atom stereocenters. The fourth-order valence-electron chi connectivity index (χ4n) is 4.53. The van der Waals surface area contributed by atoms with Crippen molar-refractivity contribution in [3.63, 3.8) is 0 Å². The van der Waals surface area contributed by atoms with Crippen LogP contribution in [0.1, 0.15) is 31.0 Å². The number of rotatable bonds is 3. The highest BCUT2D eigenvalue weighted by Gasteiger charge is 2.54. The zero-order chi connectivity index (χ0) is 17.4. The third kappa shape index (κ3) is 2.57. The van der Waals surface area contributed by atoms with E-state index in [1.54, 1.807) is 6.33 Å². The van der Waals surface area contributed by atoms with E-state index in [9.17, 15) is 4.79 Å².